The zero-order valence-corrected chi connectivity index (χ0v) is 35.1. The SMILES string of the molecule is COC(=O)NC(C)C(=O)N1CCCC1c1ncc(-c2cc(C)c3c(c2)OCC(C)(C)n2c-3c(C)c3cc(-c4cnc(C5CCCN5C(=O)C(C)NC(=O)CO)[nH]4)ccc32)[nH]1. The first-order chi connectivity index (χ1) is 28.7. The standard InChI is InChI=1S/C44H53N9O7/c1-23-16-28(31-20-46-40(50-31)34-11-9-15-52(34)42(57)26(4)48-43(58)59-7)18-35-37(23)38-24(2)29-17-27(12-13-32(29)53(38)44(5,6)22-60-35)30-19-45-39(49-30)33-10-8-14-51(33)41(56)25(3)47-36(55)21-54/h12-13,16-20,25-26,33-34,54H,8-11,14-15,21-22H2,1-7H3,(H,45,49)(H,46,50)(H,47,55)(H,48,58). The molecule has 4 amide bonds. The summed E-state index contributed by atoms with van der Waals surface area (Å²) in [6, 6.07) is 8.68. The van der Waals surface area contributed by atoms with Gasteiger partial charge in [-0.25, -0.2) is 14.8 Å². The van der Waals surface area contributed by atoms with Gasteiger partial charge in [0.2, 0.25) is 17.7 Å². The maximum atomic E-state index is 13.3. The predicted octanol–water partition coefficient (Wildman–Crippen LogP) is 5.40. The van der Waals surface area contributed by atoms with E-state index in [0.717, 1.165) is 87.2 Å². The summed E-state index contributed by atoms with van der Waals surface area (Å²) in [5, 5.41) is 15.4. The number of benzene rings is 2. The fourth-order valence-electron chi connectivity index (χ4n) is 9.27. The van der Waals surface area contributed by atoms with Gasteiger partial charge in [0.25, 0.3) is 0 Å². The van der Waals surface area contributed by atoms with Gasteiger partial charge < -0.3 is 49.5 Å². The van der Waals surface area contributed by atoms with Gasteiger partial charge in [0.05, 0.1) is 54.2 Å². The minimum Gasteiger partial charge on any atom is -0.490 e. The number of nitrogens with one attached hydrogen (secondary N) is 4. The van der Waals surface area contributed by atoms with Gasteiger partial charge >= 0.3 is 6.09 Å². The molecule has 0 aliphatic carbocycles. The first-order valence-corrected chi connectivity index (χ1v) is 20.6. The number of H-pyrrole nitrogens is 2. The van der Waals surface area contributed by atoms with Gasteiger partial charge in [-0.15, -0.1) is 0 Å². The number of carbonyl (C=O) groups is 4. The smallest absolute Gasteiger partial charge is 0.407 e. The largest absolute Gasteiger partial charge is 0.490 e. The first-order valence-electron chi connectivity index (χ1n) is 20.6. The third-order valence-electron chi connectivity index (χ3n) is 12.2. The summed E-state index contributed by atoms with van der Waals surface area (Å²) in [6.45, 7) is 12.8. The summed E-state index contributed by atoms with van der Waals surface area (Å²) in [4.78, 5) is 70.2. The number of aromatic amines is 2. The highest BCUT2D eigenvalue weighted by Crippen LogP contribution is 2.47. The molecule has 0 radical (unpaired) electrons. The lowest BCUT2D eigenvalue weighted by Crippen LogP contribution is -2.47. The predicted molar refractivity (Wildman–Crippen MR) is 224 cm³/mol. The minimum absolute atomic E-state index is 0.187. The topological polar surface area (TPSA) is 200 Å². The number of rotatable bonds is 9. The Kier molecular flexibility index (Phi) is 10.7. The number of aromatic nitrogens is 5. The van der Waals surface area contributed by atoms with Crippen LogP contribution < -0.4 is 15.4 Å². The van der Waals surface area contributed by atoms with Crippen molar-refractivity contribution in [2.75, 3.05) is 33.4 Å². The number of nitrogens with zero attached hydrogens (tertiary/aromatic N) is 5. The van der Waals surface area contributed by atoms with Gasteiger partial charge in [-0.2, -0.15) is 0 Å². The number of methoxy groups -OCH3 is 1. The Bertz CT molecular complexity index is 2500. The van der Waals surface area contributed by atoms with Crippen molar-refractivity contribution in [1.82, 2.24) is 44.9 Å². The van der Waals surface area contributed by atoms with E-state index in [1.807, 2.05) is 6.20 Å². The molecular weight excluding hydrogens is 767 g/mol. The van der Waals surface area contributed by atoms with Crippen LogP contribution in [0.2, 0.25) is 0 Å². The van der Waals surface area contributed by atoms with Crippen LogP contribution in [0, 0.1) is 13.8 Å². The zero-order valence-electron chi connectivity index (χ0n) is 35.1. The number of aliphatic hydroxyl groups excluding tert-OH is 1. The second-order valence-corrected chi connectivity index (χ2v) is 16.9. The summed E-state index contributed by atoms with van der Waals surface area (Å²) < 4.78 is 13.7. The number of aliphatic hydroxyl groups is 1. The monoisotopic (exact) mass is 819 g/mol. The lowest BCUT2D eigenvalue weighted by atomic mass is 9.96. The van der Waals surface area contributed by atoms with Crippen molar-refractivity contribution < 1.29 is 33.8 Å². The fourth-order valence-corrected chi connectivity index (χ4v) is 9.27. The lowest BCUT2D eigenvalue weighted by Gasteiger charge is -2.27. The van der Waals surface area contributed by atoms with Gasteiger partial charge in [0.15, 0.2) is 0 Å². The highest BCUT2D eigenvalue weighted by molar-refractivity contribution is 5.97. The Balaban J connectivity index is 1.09. The Morgan fingerprint density at radius 3 is 2.10 bits per heavy atom. The quantitative estimate of drug-likeness (QED) is 0.129. The number of carbonyl (C=O) groups excluding carboxylic acids is 4. The third-order valence-corrected chi connectivity index (χ3v) is 12.2. The molecule has 0 saturated carbocycles. The van der Waals surface area contributed by atoms with Gasteiger partial charge in [0.1, 0.15) is 42.7 Å². The minimum atomic E-state index is -0.760. The van der Waals surface area contributed by atoms with Gasteiger partial charge in [-0.05, 0) is 103 Å². The molecule has 3 aliphatic heterocycles. The van der Waals surface area contributed by atoms with Crippen LogP contribution in [0.5, 0.6) is 5.75 Å². The molecule has 8 rings (SSSR count). The number of alkyl carbamates (subject to hydrolysis) is 1. The Hall–Kier alpha value is -6.16. The van der Waals surface area contributed by atoms with Crippen LogP contribution in [0.1, 0.15) is 88.2 Å². The number of hydrogen-bond acceptors (Lipinski definition) is 9. The number of ether oxygens (including phenoxy) is 2. The van der Waals surface area contributed by atoms with Crippen LogP contribution in [0.15, 0.2) is 42.7 Å². The van der Waals surface area contributed by atoms with E-state index < -0.39 is 36.2 Å². The molecule has 0 bridgehead atoms. The van der Waals surface area contributed by atoms with Crippen LogP contribution >= 0.6 is 0 Å². The van der Waals surface area contributed by atoms with Crippen LogP contribution in [0.3, 0.4) is 0 Å². The number of amides is 4. The molecule has 4 unspecified atom stereocenters. The molecule has 0 spiro atoms. The van der Waals surface area contributed by atoms with Crippen molar-refractivity contribution in [3.63, 3.8) is 0 Å². The van der Waals surface area contributed by atoms with Crippen molar-refractivity contribution in [1.29, 1.82) is 0 Å². The zero-order chi connectivity index (χ0) is 42.6. The molecule has 5 N–H and O–H groups in total. The van der Waals surface area contributed by atoms with Gasteiger partial charge in [0, 0.05) is 40.7 Å². The van der Waals surface area contributed by atoms with Crippen LogP contribution in [0.25, 0.3) is 44.7 Å². The van der Waals surface area contributed by atoms with E-state index >= 15 is 0 Å². The summed E-state index contributed by atoms with van der Waals surface area (Å²) in [7, 11) is 1.27. The normalized spacial score (nSPS) is 19.3. The molecule has 60 heavy (non-hydrogen) atoms. The van der Waals surface area contributed by atoms with Gasteiger partial charge in [-0.1, -0.05) is 6.07 Å². The van der Waals surface area contributed by atoms with E-state index in [-0.39, 0.29) is 23.9 Å². The van der Waals surface area contributed by atoms with E-state index in [9.17, 15) is 19.2 Å². The summed E-state index contributed by atoms with van der Waals surface area (Å²) in [5.74, 6) is 1.18. The Labute approximate surface area is 348 Å². The number of imidazole rings is 2. The Morgan fingerprint density at radius 1 is 0.900 bits per heavy atom. The maximum Gasteiger partial charge on any atom is 0.407 e. The van der Waals surface area contributed by atoms with Crippen molar-refractivity contribution in [3.05, 3.63) is 65.5 Å². The molecule has 2 saturated heterocycles. The molecule has 2 aromatic carbocycles. The summed E-state index contributed by atoms with van der Waals surface area (Å²) >= 11 is 0. The van der Waals surface area contributed by atoms with Crippen LogP contribution in [-0.2, 0) is 24.7 Å². The summed E-state index contributed by atoms with van der Waals surface area (Å²) in [6.07, 6.45) is 6.12. The average Bonchev–Trinajstić information content (AvgIpc) is 4.08. The highest BCUT2D eigenvalue weighted by atomic mass is 16.5. The first kappa shape index (κ1) is 40.6. The average molecular weight is 820 g/mol. The maximum absolute atomic E-state index is 13.3. The van der Waals surface area contributed by atoms with E-state index in [2.05, 4.69) is 83.2 Å². The number of fused-ring (bicyclic) bond motifs is 5. The highest BCUT2D eigenvalue weighted by Gasteiger charge is 2.38. The fraction of sp³-hybridized carbons (Fsp3) is 0.455. The second kappa shape index (κ2) is 15.8. The van der Waals surface area contributed by atoms with E-state index in [4.69, 9.17) is 24.5 Å². The third kappa shape index (κ3) is 7.16. The molecule has 6 heterocycles. The van der Waals surface area contributed by atoms with Crippen LogP contribution in [0.4, 0.5) is 4.79 Å². The van der Waals surface area contributed by atoms with E-state index in [1.54, 1.807) is 29.8 Å². The molecule has 2 fully saturated rings. The Morgan fingerprint density at radius 2 is 1.50 bits per heavy atom. The second-order valence-electron chi connectivity index (χ2n) is 16.9. The number of aryl methyl sites for hydroxylation is 2. The molecule has 4 atom stereocenters. The van der Waals surface area contributed by atoms with Gasteiger partial charge in [-0.3, -0.25) is 14.4 Å². The molecule has 3 aromatic heterocycles. The van der Waals surface area contributed by atoms with Crippen molar-refractivity contribution in [2.45, 2.75) is 96.9 Å². The summed E-state index contributed by atoms with van der Waals surface area (Å²) in [5.41, 5.74) is 8.53. The van der Waals surface area contributed by atoms with E-state index in [1.165, 1.54) is 7.11 Å². The van der Waals surface area contributed by atoms with Crippen LogP contribution in [-0.4, -0.2) is 109 Å². The van der Waals surface area contributed by atoms with Crippen molar-refractivity contribution in [3.8, 4) is 39.5 Å². The van der Waals surface area contributed by atoms with E-state index in [0.29, 0.717) is 31.3 Å². The molecular formula is C44H53N9O7. The number of likely N-dealkylation sites (tertiary alicyclic amines) is 2. The molecule has 5 aromatic rings. The molecule has 3 aliphatic rings. The van der Waals surface area contributed by atoms with Crippen molar-refractivity contribution in [2.24, 2.45) is 0 Å². The lowest BCUT2D eigenvalue weighted by molar-refractivity contribution is -0.137. The molecule has 16 heteroatoms. The number of hydrogen-bond donors (Lipinski definition) is 5. The molecule has 16 nitrogen and oxygen atoms in total. The molecule has 316 valence electrons. The van der Waals surface area contributed by atoms with Crippen molar-refractivity contribution >= 4 is 34.7 Å².